The van der Waals surface area contributed by atoms with E-state index in [4.69, 9.17) is 9.26 Å². The molecule has 1 saturated heterocycles. The normalized spacial score (nSPS) is 17.2. The van der Waals surface area contributed by atoms with Crippen molar-refractivity contribution in [2.45, 2.75) is 40.3 Å². The Labute approximate surface area is 167 Å². The summed E-state index contributed by atoms with van der Waals surface area (Å²) in [6, 6.07) is 0.449. The highest BCUT2D eigenvalue weighted by Crippen LogP contribution is 2.12. The summed E-state index contributed by atoms with van der Waals surface area (Å²) in [5.41, 5.74) is 0. The van der Waals surface area contributed by atoms with Gasteiger partial charge in [-0.05, 0) is 12.8 Å². The minimum Gasteiger partial charge on any atom is -0.379 e. The Morgan fingerprint density at radius 2 is 2.00 bits per heavy atom. The van der Waals surface area contributed by atoms with Crippen LogP contribution >= 0.6 is 24.0 Å². The summed E-state index contributed by atoms with van der Waals surface area (Å²) >= 11 is 0. The molecule has 0 radical (unpaired) electrons. The second kappa shape index (κ2) is 11.6. The van der Waals surface area contributed by atoms with Gasteiger partial charge in [-0.25, -0.2) is 4.99 Å². The first-order chi connectivity index (χ1) is 11.6. The lowest BCUT2D eigenvalue weighted by Crippen LogP contribution is -2.52. The molecule has 0 spiro atoms. The molecule has 144 valence electrons. The lowest BCUT2D eigenvalue weighted by atomic mass is 10.0. The molecule has 0 aromatic carbocycles. The number of ether oxygens (including phenoxy) is 1. The second-order valence-electron chi connectivity index (χ2n) is 6.27. The molecule has 9 heteroatoms. The summed E-state index contributed by atoms with van der Waals surface area (Å²) in [7, 11) is 0. The molecule has 0 saturated carbocycles. The third-order valence-electron chi connectivity index (χ3n) is 4.06. The molecule has 8 nitrogen and oxygen atoms in total. The van der Waals surface area contributed by atoms with E-state index < -0.39 is 0 Å². The Morgan fingerprint density at radius 1 is 1.28 bits per heavy atom. The maximum Gasteiger partial charge on any atom is 0.223 e. The van der Waals surface area contributed by atoms with E-state index in [0.29, 0.717) is 30.2 Å². The van der Waals surface area contributed by atoms with Crippen LogP contribution in [-0.2, 0) is 11.3 Å². The van der Waals surface area contributed by atoms with E-state index in [0.717, 1.165) is 45.4 Å². The number of hydrogen-bond acceptors (Lipinski definition) is 6. The van der Waals surface area contributed by atoms with E-state index >= 15 is 0 Å². The molecule has 1 fully saturated rings. The zero-order valence-corrected chi connectivity index (χ0v) is 17.9. The fourth-order valence-electron chi connectivity index (χ4n) is 2.79. The van der Waals surface area contributed by atoms with Gasteiger partial charge in [-0.2, -0.15) is 4.98 Å². The molecular weight excluding hydrogens is 435 g/mol. The number of hydrogen-bond donors (Lipinski definition) is 2. The van der Waals surface area contributed by atoms with Crippen molar-refractivity contribution in [1.29, 1.82) is 0 Å². The highest BCUT2D eigenvalue weighted by Gasteiger charge is 2.23. The third-order valence-corrected chi connectivity index (χ3v) is 4.06. The summed E-state index contributed by atoms with van der Waals surface area (Å²) in [4.78, 5) is 11.2. The van der Waals surface area contributed by atoms with Gasteiger partial charge in [0.25, 0.3) is 0 Å². The predicted molar refractivity (Wildman–Crippen MR) is 108 cm³/mol. The number of aromatic nitrogens is 2. The molecule has 0 amide bonds. The minimum absolute atomic E-state index is 0. The van der Waals surface area contributed by atoms with Crippen LogP contribution < -0.4 is 10.6 Å². The Morgan fingerprint density at radius 3 is 2.56 bits per heavy atom. The van der Waals surface area contributed by atoms with Crippen LogP contribution in [0.1, 0.15) is 32.5 Å². The monoisotopic (exact) mass is 466 g/mol. The number of nitrogens with zero attached hydrogens (tertiary/aromatic N) is 4. The van der Waals surface area contributed by atoms with Crippen LogP contribution in [0.5, 0.6) is 0 Å². The number of halogens is 1. The number of aliphatic imine (C=N–C) groups is 1. The van der Waals surface area contributed by atoms with Crippen molar-refractivity contribution in [3.8, 4) is 0 Å². The molecule has 2 N–H and O–H groups in total. The van der Waals surface area contributed by atoms with Gasteiger partial charge in [-0.15, -0.1) is 24.0 Å². The lowest BCUT2D eigenvalue weighted by molar-refractivity contribution is 0.00752. The van der Waals surface area contributed by atoms with Crippen LogP contribution in [0.4, 0.5) is 0 Å². The third kappa shape index (κ3) is 7.45. The molecule has 2 rings (SSSR count). The summed E-state index contributed by atoms with van der Waals surface area (Å²) < 4.78 is 10.4. The summed E-state index contributed by atoms with van der Waals surface area (Å²) in [5.74, 6) is 2.49. The Hall–Kier alpha value is -0.940. The maximum absolute atomic E-state index is 5.46. The van der Waals surface area contributed by atoms with Crippen molar-refractivity contribution in [1.82, 2.24) is 25.7 Å². The van der Waals surface area contributed by atoms with Crippen molar-refractivity contribution in [2.75, 3.05) is 39.4 Å². The fraction of sp³-hybridized carbons (Fsp3) is 0.812. The van der Waals surface area contributed by atoms with E-state index in [2.05, 4.69) is 51.4 Å². The van der Waals surface area contributed by atoms with Crippen LogP contribution in [0.25, 0.3) is 0 Å². The Kier molecular flexibility index (Phi) is 10.3. The molecule has 0 bridgehead atoms. The van der Waals surface area contributed by atoms with Crippen molar-refractivity contribution in [3.63, 3.8) is 0 Å². The summed E-state index contributed by atoms with van der Waals surface area (Å²) in [6.45, 7) is 14.0. The van der Waals surface area contributed by atoms with E-state index in [-0.39, 0.29) is 24.0 Å². The molecular formula is C16H31IN6O2. The van der Waals surface area contributed by atoms with Crippen LogP contribution in [0.3, 0.4) is 0 Å². The molecule has 1 aromatic heterocycles. The SMILES string of the molecule is CCNC(=NCc1noc(C)n1)NCC(C(C)C)N1CCOCC1.I. The highest BCUT2D eigenvalue weighted by atomic mass is 127. The fourth-order valence-corrected chi connectivity index (χ4v) is 2.79. The van der Waals surface area contributed by atoms with Crippen LogP contribution in [0.15, 0.2) is 9.52 Å². The van der Waals surface area contributed by atoms with Gasteiger partial charge >= 0.3 is 0 Å². The van der Waals surface area contributed by atoms with Crippen LogP contribution in [0, 0.1) is 12.8 Å². The smallest absolute Gasteiger partial charge is 0.223 e. The Bertz CT molecular complexity index is 516. The average Bonchev–Trinajstić information content (AvgIpc) is 2.99. The zero-order valence-electron chi connectivity index (χ0n) is 15.6. The van der Waals surface area contributed by atoms with Crippen molar-refractivity contribution >= 4 is 29.9 Å². The molecule has 1 aliphatic heterocycles. The average molecular weight is 466 g/mol. The van der Waals surface area contributed by atoms with Crippen LogP contribution in [0.2, 0.25) is 0 Å². The topological polar surface area (TPSA) is 87.8 Å². The summed E-state index contributed by atoms with van der Waals surface area (Å²) in [6.07, 6.45) is 0. The molecule has 0 aliphatic carbocycles. The number of aryl methyl sites for hydroxylation is 1. The molecule has 2 heterocycles. The largest absolute Gasteiger partial charge is 0.379 e. The van der Waals surface area contributed by atoms with Gasteiger partial charge in [0.1, 0.15) is 6.54 Å². The van der Waals surface area contributed by atoms with E-state index in [1.54, 1.807) is 6.92 Å². The zero-order chi connectivity index (χ0) is 17.4. The van der Waals surface area contributed by atoms with Gasteiger partial charge in [0, 0.05) is 39.1 Å². The van der Waals surface area contributed by atoms with Crippen molar-refractivity contribution in [2.24, 2.45) is 10.9 Å². The van der Waals surface area contributed by atoms with E-state index in [1.807, 2.05) is 0 Å². The van der Waals surface area contributed by atoms with Gasteiger partial charge in [-0.3, -0.25) is 4.90 Å². The number of guanidine groups is 1. The molecule has 1 atom stereocenters. The molecule has 1 unspecified atom stereocenters. The molecule has 25 heavy (non-hydrogen) atoms. The second-order valence-corrected chi connectivity index (χ2v) is 6.27. The quantitative estimate of drug-likeness (QED) is 0.357. The van der Waals surface area contributed by atoms with E-state index in [1.165, 1.54) is 0 Å². The van der Waals surface area contributed by atoms with Gasteiger partial charge in [0.15, 0.2) is 11.8 Å². The van der Waals surface area contributed by atoms with Gasteiger partial charge < -0.3 is 19.9 Å². The number of morpholine rings is 1. The van der Waals surface area contributed by atoms with Gasteiger partial charge in [0.05, 0.1) is 13.2 Å². The summed E-state index contributed by atoms with van der Waals surface area (Å²) in [5, 5.41) is 10.6. The Balaban J connectivity index is 0.00000312. The first kappa shape index (κ1) is 22.1. The van der Waals surface area contributed by atoms with E-state index in [9.17, 15) is 0 Å². The molecule has 1 aromatic rings. The van der Waals surface area contributed by atoms with Crippen LogP contribution in [-0.4, -0.2) is 66.4 Å². The first-order valence-corrected chi connectivity index (χ1v) is 8.73. The standard InChI is InChI=1S/C16H30N6O2.HI/c1-5-17-16(19-11-15-20-13(4)24-21-15)18-10-14(12(2)3)22-6-8-23-9-7-22;/h12,14H,5-11H2,1-4H3,(H2,17,18,19);1H. The maximum atomic E-state index is 5.46. The lowest BCUT2D eigenvalue weighted by Gasteiger charge is -2.37. The van der Waals surface area contributed by atoms with Gasteiger partial charge in [-0.1, -0.05) is 19.0 Å². The minimum atomic E-state index is 0. The van der Waals surface area contributed by atoms with Gasteiger partial charge in [0.2, 0.25) is 5.89 Å². The molecule has 1 aliphatic rings. The number of nitrogens with one attached hydrogen (secondary N) is 2. The first-order valence-electron chi connectivity index (χ1n) is 8.73. The van der Waals surface area contributed by atoms with Crippen molar-refractivity contribution < 1.29 is 9.26 Å². The van der Waals surface area contributed by atoms with Crippen molar-refractivity contribution in [3.05, 3.63) is 11.7 Å². The number of rotatable bonds is 7. The highest BCUT2D eigenvalue weighted by molar-refractivity contribution is 14.0. The predicted octanol–water partition coefficient (Wildman–Crippen LogP) is 1.41.